The van der Waals surface area contributed by atoms with Crippen molar-refractivity contribution in [2.75, 3.05) is 51.2 Å². The van der Waals surface area contributed by atoms with E-state index >= 15 is 0 Å². The first-order valence-electron chi connectivity index (χ1n) is 9.97. The third kappa shape index (κ3) is 6.34. The molecule has 0 aromatic heterocycles. The highest BCUT2D eigenvalue weighted by atomic mass is 19.1. The van der Waals surface area contributed by atoms with Crippen LogP contribution in [0.2, 0.25) is 0 Å². The highest BCUT2D eigenvalue weighted by Crippen LogP contribution is 2.26. The zero-order valence-electron chi connectivity index (χ0n) is 16.8. The van der Waals surface area contributed by atoms with Crippen LogP contribution in [0.1, 0.15) is 33.1 Å². The Morgan fingerprint density at radius 2 is 1.93 bits per heavy atom. The van der Waals surface area contributed by atoms with Crippen molar-refractivity contribution in [2.45, 2.75) is 39.2 Å². The number of halogens is 2. The van der Waals surface area contributed by atoms with E-state index in [-0.39, 0.29) is 11.7 Å². The summed E-state index contributed by atoms with van der Waals surface area (Å²) in [6.07, 6.45) is 3.04. The monoisotopic (exact) mass is 381 g/mol. The summed E-state index contributed by atoms with van der Waals surface area (Å²) < 4.78 is 27.9. The Morgan fingerprint density at radius 3 is 2.56 bits per heavy atom. The number of nitrogens with zero attached hydrogens (tertiary/aromatic N) is 3. The number of unbranched alkanes of at least 4 members (excludes halogenated alkanes) is 1. The van der Waals surface area contributed by atoms with E-state index in [0.29, 0.717) is 13.1 Å². The first-order chi connectivity index (χ1) is 13.1. The lowest BCUT2D eigenvalue weighted by molar-refractivity contribution is 0.297. The Morgan fingerprint density at radius 1 is 1.22 bits per heavy atom. The molecule has 5 nitrogen and oxygen atoms in total. The van der Waals surface area contributed by atoms with Crippen molar-refractivity contribution in [3.05, 3.63) is 29.8 Å². The van der Waals surface area contributed by atoms with Crippen LogP contribution in [0.3, 0.4) is 0 Å². The van der Waals surface area contributed by atoms with Gasteiger partial charge in [0.05, 0.1) is 0 Å². The van der Waals surface area contributed by atoms with Crippen LogP contribution in [0.25, 0.3) is 0 Å². The zero-order chi connectivity index (χ0) is 19.6. The molecule has 1 aromatic carbocycles. The average Bonchev–Trinajstić information content (AvgIpc) is 3.11. The summed E-state index contributed by atoms with van der Waals surface area (Å²) in [4.78, 5) is 8.45. The summed E-state index contributed by atoms with van der Waals surface area (Å²) in [6.45, 7) is 9.71. The highest BCUT2D eigenvalue weighted by molar-refractivity contribution is 5.80. The molecule has 1 aromatic rings. The molecule has 1 aliphatic heterocycles. The molecule has 0 radical (unpaired) electrons. The van der Waals surface area contributed by atoms with E-state index < -0.39 is 11.6 Å². The second-order valence-corrected chi connectivity index (χ2v) is 6.88. The summed E-state index contributed by atoms with van der Waals surface area (Å²) in [6, 6.07) is 4.12. The molecule has 0 amide bonds. The standard InChI is InChI=1S/C20H33F2N5/c1-4-26(5-2)13-7-6-12-24-20(23-3)25-16-11-14-27(15-16)19-17(21)9-8-10-18(19)22/h8-10,16H,4-7,11-15H2,1-3H3,(H2,23,24,25). The lowest BCUT2D eigenvalue weighted by Gasteiger charge is -2.21. The Labute approximate surface area is 161 Å². The van der Waals surface area contributed by atoms with E-state index in [0.717, 1.165) is 51.4 Å². The number of anilines is 1. The van der Waals surface area contributed by atoms with Crippen LogP contribution in [0.15, 0.2) is 23.2 Å². The van der Waals surface area contributed by atoms with E-state index in [1.807, 2.05) is 0 Å². The van der Waals surface area contributed by atoms with E-state index in [4.69, 9.17) is 0 Å². The van der Waals surface area contributed by atoms with Gasteiger partial charge in [-0.2, -0.15) is 0 Å². The third-order valence-corrected chi connectivity index (χ3v) is 5.09. The minimum absolute atomic E-state index is 0.0705. The Kier molecular flexibility index (Phi) is 8.78. The van der Waals surface area contributed by atoms with Crippen molar-refractivity contribution < 1.29 is 8.78 Å². The van der Waals surface area contributed by atoms with E-state index in [1.54, 1.807) is 11.9 Å². The van der Waals surface area contributed by atoms with Gasteiger partial charge < -0.3 is 20.4 Å². The number of benzene rings is 1. The largest absolute Gasteiger partial charge is 0.365 e. The maximum atomic E-state index is 14.0. The number of guanidine groups is 1. The topological polar surface area (TPSA) is 42.9 Å². The number of rotatable bonds is 9. The van der Waals surface area contributed by atoms with Gasteiger partial charge in [0.15, 0.2) is 5.96 Å². The predicted molar refractivity (Wildman–Crippen MR) is 108 cm³/mol. The van der Waals surface area contributed by atoms with Gasteiger partial charge in [0.1, 0.15) is 17.3 Å². The SMILES string of the molecule is CCN(CC)CCCCNC(=NC)NC1CCN(c2c(F)cccc2F)C1. The van der Waals surface area contributed by atoms with Gasteiger partial charge in [-0.3, -0.25) is 4.99 Å². The Balaban J connectivity index is 1.74. The molecule has 0 spiro atoms. The maximum Gasteiger partial charge on any atom is 0.191 e. The average molecular weight is 382 g/mol. The molecule has 1 unspecified atom stereocenters. The van der Waals surface area contributed by atoms with Crippen LogP contribution in [-0.2, 0) is 0 Å². The van der Waals surface area contributed by atoms with Gasteiger partial charge in [-0.25, -0.2) is 8.78 Å². The fourth-order valence-electron chi connectivity index (χ4n) is 3.47. The summed E-state index contributed by atoms with van der Waals surface area (Å²) in [5, 5.41) is 6.71. The van der Waals surface area contributed by atoms with Crippen LogP contribution >= 0.6 is 0 Å². The number of para-hydroxylation sites is 1. The summed E-state index contributed by atoms with van der Waals surface area (Å²) in [5.74, 6) is -0.267. The van der Waals surface area contributed by atoms with Crippen molar-refractivity contribution in [1.82, 2.24) is 15.5 Å². The van der Waals surface area contributed by atoms with Crippen LogP contribution < -0.4 is 15.5 Å². The fraction of sp³-hybridized carbons (Fsp3) is 0.650. The molecule has 0 bridgehead atoms. The number of aliphatic imine (C=N–C) groups is 1. The Hall–Kier alpha value is -1.89. The molecule has 0 saturated carbocycles. The molecular formula is C20H33F2N5. The first-order valence-corrected chi connectivity index (χ1v) is 9.97. The number of hydrogen-bond donors (Lipinski definition) is 2. The summed E-state index contributed by atoms with van der Waals surface area (Å²) in [7, 11) is 1.74. The molecule has 1 heterocycles. The van der Waals surface area contributed by atoms with E-state index in [2.05, 4.69) is 34.4 Å². The van der Waals surface area contributed by atoms with Crippen molar-refractivity contribution >= 4 is 11.6 Å². The molecule has 7 heteroatoms. The first kappa shape index (κ1) is 21.4. The van der Waals surface area contributed by atoms with Gasteiger partial charge >= 0.3 is 0 Å². The van der Waals surface area contributed by atoms with Crippen molar-refractivity contribution in [1.29, 1.82) is 0 Å². The van der Waals surface area contributed by atoms with Crippen LogP contribution in [0.4, 0.5) is 14.5 Å². The van der Waals surface area contributed by atoms with Gasteiger partial charge in [0.25, 0.3) is 0 Å². The molecule has 2 N–H and O–H groups in total. The minimum atomic E-state index is -0.508. The lowest BCUT2D eigenvalue weighted by atomic mass is 10.2. The fourth-order valence-corrected chi connectivity index (χ4v) is 3.47. The van der Waals surface area contributed by atoms with Gasteiger partial charge in [-0.1, -0.05) is 19.9 Å². The smallest absolute Gasteiger partial charge is 0.191 e. The number of nitrogens with one attached hydrogen (secondary N) is 2. The second-order valence-electron chi connectivity index (χ2n) is 6.88. The molecular weight excluding hydrogens is 348 g/mol. The third-order valence-electron chi connectivity index (χ3n) is 5.09. The van der Waals surface area contributed by atoms with E-state index in [1.165, 1.54) is 18.2 Å². The van der Waals surface area contributed by atoms with Gasteiger partial charge in [-0.15, -0.1) is 0 Å². The molecule has 152 valence electrons. The molecule has 1 fully saturated rings. The number of hydrogen-bond acceptors (Lipinski definition) is 3. The molecule has 27 heavy (non-hydrogen) atoms. The minimum Gasteiger partial charge on any atom is -0.365 e. The molecule has 1 aliphatic rings. The van der Waals surface area contributed by atoms with Crippen LogP contribution in [0.5, 0.6) is 0 Å². The zero-order valence-corrected chi connectivity index (χ0v) is 16.8. The Bertz CT molecular complexity index is 584. The highest BCUT2D eigenvalue weighted by Gasteiger charge is 2.27. The quantitative estimate of drug-likeness (QED) is 0.392. The molecule has 1 saturated heterocycles. The van der Waals surface area contributed by atoms with Crippen molar-refractivity contribution in [3.8, 4) is 0 Å². The normalized spacial score (nSPS) is 17.6. The second kappa shape index (κ2) is 11.1. The van der Waals surface area contributed by atoms with Gasteiger partial charge in [-0.05, 0) is 51.0 Å². The molecule has 2 rings (SSSR count). The van der Waals surface area contributed by atoms with Crippen LogP contribution in [0, 0.1) is 11.6 Å². The summed E-state index contributed by atoms with van der Waals surface area (Å²) in [5.41, 5.74) is 0.0705. The summed E-state index contributed by atoms with van der Waals surface area (Å²) >= 11 is 0. The van der Waals surface area contributed by atoms with Crippen molar-refractivity contribution in [3.63, 3.8) is 0 Å². The predicted octanol–water partition coefficient (Wildman–Crippen LogP) is 2.83. The lowest BCUT2D eigenvalue weighted by Crippen LogP contribution is -2.45. The molecule has 1 atom stereocenters. The van der Waals surface area contributed by atoms with Crippen molar-refractivity contribution in [2.24, 2.45) is 4.99 Å². The van der Waals surface area contributed by atoms with Crippen LogP contribution in [-0.4, -0.2) is 63.2 Å². The van der Waals surface area contributed by atoms with Gasteiger partial charge in [0, 0.05) is 32.7 Å². The van der Waals surface area contributed by atoms with Gasteiger partial charge in [0.2, 0.25) is 0 Å². The van der Waals surface area contributed by atoms with E-state index in [9.17, 15) is 8.78 Å². The molecule has 0 aliphatic carbocycles. The maximum absolute atomic E-state index is 14.0.